The summed E-state index contributed by atoms with van der Waals surface area (Å²) < 4.78 is 10.0. The van der Waals surface area contributed by atoms with Gasteiger partial charge in [-0.05, 0) is 6.92 Å². The van der Waals surface area contributed by atoms with Crippen LogP contribution in [0.1, 0.15) is 6.92 Å². The second kappa shape index (κ2) is 4.42. The predicted molar refractivity (Wildman–Crippen MR) is 43.8 cm³/mol. The Hall–Kier alpha value is -0.610. The van der Waals surface area contributed by atoms with Crippen LogP contribution in [0.3, 0.4) is 0 Å². The van der Waals surface area contributed by atoms with Crippen molar-refractivity contribution in [3.05, 3.63) is 0 Å². The van der Waals surface area contributed by atoms with Crippen LogP contribution in [0.15, 0.2) is 0 Å². The minimum absolute atomic E-state index is 0.0240. The van der Waals surface area contributed by atoms with Crippen LogP contribution >= 0.6 is 0 Å². The maximum absolute atomic E-state index is 11.3. The van der Waals surface area contributed by atoms with Gasteiger partial charge in [0.25, 0.3) is 0 Å². The maximum Gasteiger partial charge on any atom is 0.312 e. The number of esters is 1. The third-order valence-electron chi connectivity index (χ3n) is 2.05. The molecular formula is C8H15NO3. The quantitative estimate of drug-likeness (QED) is 0.600. The van der Waals surface area contributed by atoms with Crippen LogP contribution in [0.5, 0.6) is 0 Å². The first kappa shape index (κ1) is 9.48. The van der Waals surface area contributed by atoms with Gasteiger partial charge in [0, 0.05) is 20.2 Å². The summed E-state index contributed by atoms with van der Waals surface area (Å²) in [6.45, 7) is 3.64. The number of nitrogens with one attached hydrogen (secondary N) is 1. The van der Waals surface area contributed by atoms with Crippen LogP contribution in [-0.4, -0.2) is 38.9 Å². The Labute approximate surface area is 72.2 Å². The highest BCUT2D eigenvalue weighted by Gasteiger charge is 2.33. The van der Waals surface area contributed by atoms with Gasteiger partial charge in [-0.25, -0.2) is 0 Å². The molecule has 0 aromatic carbocycles. The van der Waals surface area contributed by atoms with Crippen LogP contribution in [0.25, 0.3) is 0 Å². The molecule has 0 spiro atoms. The molecule has 2 atom stereocenters. The van der Waals surface area contributed by atoms with E-state index in [1.54, 1.807) is 7.11 Å². The van der Waals surface area contributed by atoms with Gasteiger partial charge in [0.1, 0.15) is 0 Å². The molecule has 0 unspecified atom stereocenters. The standard InChI is InChI=1S/C8H15NO3/c1-3-12-8(10)6-4-9-5-7(6)11-2/h6-7,9H,3-5H2,1-2H3/t6-,7+/m1/s1. The summed E-state index contributed by atoms with van der Waals surface area (Å²) in [4.78, 5) is 11.3. The van der Waals surface area contributed by atoms with E-state index in [1.165, 1.54) is 0 Å². The van der Waals surface area contributed by atoms with E-state index in [4.69, 9.17) is 9.47 Å². The Kier molecular flexibility index (Phi) is 3.49. The number of methoxy groups -OCH3 is 1. The highest BCUT2D eigenvalue weighted by atomic mass is 16.5. The highest BCUT2D eigenvalue weighted by molar-refractivity contribution is 5.73. The van der Waals surface area contributed by atoms with Gasteiger partial charge in [-0.3, -0.25) is 4.79 Å². The van der Waals surface area contributed by atoms with Crippen molar-refractivity contribution in [3.63, 3.8) is 0 Å². The molecule has 0 aliphatic carbocycles. The number of ether oxygens (including phenoxy) is 2. The molecule has 1 aliphatic rings. The van der Waals surface area contributed by atoms with Crippen molar-refractivity contribution < 1.29 is 14.3 Å². The summed E-state index contributed by atoms with van der Waals surface area (Å²) in [5.41, 5.74) is 0. The monoisotopic (exact) mass is 173 g/mol. The molecule has 0 radical (unpaired) electrons. The Morgan fingerprint density at radius 1 is 1.58 bits per heavy atom. The van der Waals surface area contributed by atoms with Gasteiger partial charge in [0.05, 0.1) is 18.6 Å². The molecule has 0 aromatic heterocycles. The van der Waals surface area contributed by atoms with Gasteiger partial charge < -0.3 is 14.8 Å². The molecule has 1 fully saturated rings. The zero-order chi connectivity index (χ0) is 8.97. The third kappa shape index (κ3) is 1.95. The molecule has 1 aliphatic heterocycles. The lowest BCUT2D eigenvalue weighted by molar-refractivity contribution is -0.150. The zero-order valence-corrected chi connectivity index (χ0v) is 7.50. The fraction of sp³-hybridized carbons (Fsp3) is 0.875. The number of hydrogen-bond donors (Lipinski definition) is 1. The fourth-order valence-electron chi connectivity index (χ4n) is 1.39. The largest absolute Gasteiger partial charge is 0.466 e. The number of carbonyl (C=O) groups is 1. The molecule has 1 heterocycles. The maximum atomic E-state index is 11.3. The van der Waals surface area contributed by atoms with Crippen molar-refractivity contribution in [1.29, 1.82) is 0 Å². The molecular weight excluding hydrogens is 158 g/mol. The van der Waals surface area contributed by atoms with Crippen molar-refractivity contribution in [2.45, 2.75) is 13.0 Å². The summed E-state index contributed by atoms with van der Waals surface area (Å²) in [5, 5.41) is 3.09. The molecule has 0 aromatic rings. The summed E-state index contributed by atoms with van der Waals surface area (Å²) in [6, 6.07) is 0. The second-order valence-corrected chi connectivity index (χ2v) is 2.79. The molecule has 0 amide bonds. The molecule has 4 heteroatoms. The first-order chi connectivity index (χ1) is 5.79. The zero-order valence-electron chi connectivity index (χ0n) is 7.50. The molecule has 12 heavy (non-hydrogen) atoms. The van der Waals surface area contributed by atoms with E-state index in [0.717, 1.165) is 6.54 Å². The summed E-state index contributed by atoms with van der Waals surface area (Å²) in [5.74, 6) is -0.288. The normalized spacial score (nSPS) is 28.8. The van der Waals surface area contributed by atoms with Crippen molar-refractivity contribution >= 4 is 5.97 Å². The van der Waals surface area contributed by atoms with E-state index in [1.807, 2.05) is 6.92 Å². The van der Waals surface area contributed by atoms with Crippen LogP contribution in [0.2, 0.25) is 0 Å². The highest BCUT2D eigenvalue weighted by Crippen LogP contribution is 2.13. The SMILES string of the molecule is CCOC(=O)[C@@H]1CNC[C@@H]1OC. The molecule has 70 valence electrons. The van der Waals surface area contributed by atoms with Crippen LogP contribution < -0.4 is 5.32 Å². The van der Waals surface area contributed by atoms with Crippen molar-refractivity contribution in [2.75, 3.05) is 26.8 Å². The average molecular weight is 173 g/mol. The lowest BCUT2D eigenvalue weighted by Gasteiger charge is -2.14. The van der Waals surface area contributed by atoms with Crippen molar-refractivity contribution in [3.8, 4) is 0 Å². The smallest absolute Gasteiger partial charge is 0.312 e. The summed E-state index contributed by atoms with van der Waals surface area (Å²) >= 11 is 0. The summed E-state index contributed by atoms with van der Waals surface area (Å²) in [7, 11) is 1.61. The van der Waals surface area contributed by atoms with Gasteiger partial charge in [0.15, 0.2) is 0 Å². The topological polar surface area (TPSA) is 47.6 Å². The van der Waals surface area contributed by atoms with E-state index >= 15 is 0 Å². The molecule has 1 rings (SSSR count). The van der Waals surface area contributed by atoms with Gasteiger partial charge in [-0.1, -0.05) is 0 Å². The molecule has 4 nitrogen and oxygen atoms in total. The summed E-state index contributed by atoms with van der Waals surface area (Å²) in [6.07, 6.45) is -0.0240. The fourth-order valence-corrected chi connectivity index (χ4v) is 1.39. The number of rotatable bonds is 3. The lowest BCUT2D eigenvalue weighted by Crippen LogP contribution is -2.29. The second-order valence-electron chi connectivity index (χ2n) is 2.79. The van der Waals surface area contributed by atoms with Crippen LogP contribution in [0.4, 0.5) is 0 Å². The van der Waals surface area contributed by atoms with Gasteiger partial charge in [-0.2, -0.15) is 0 Å². The van der Waals surface area contributed by atoms with Crippen LogP contribution in [-0.2, 0) is 14.3 Å². The Balaban J connectivity index is 2.43. The Morgan fingerprint density at radius 3 is 2.92 bits per heavy atom. The van der Waals surface area contributed by atoms with Gasteiger partial charge >= 0.3 is 5.97 Å². The first-order valence-corrected chi connectivity index (χ1v) is 4.19. The van der Waals surface area contributed by atoms with Crippen molar-refractivity contribution in [1.82, 2.24) is 5.32 Å². The Morgan fingerprint density at radius 2 is 2.33 bits per heavy atom. The molecule has 1 saturated heterocycles. The average Bonchev–Trinajstić information content (AvgIpc) is 2.51. The van der Waals surface area contributed by atoms with Gasteiger partial charge in [0.2, 0.25) is 0 Å². The third-order valence-corrected chi connectivity index (χ3v) is 2.05. The van der Waals surface area contributed by atoms with E-state index in [2.05, 4.69) is 5.32 Å². The van der Waals surface area contributed by atoms with E-state index in [9.17, 15) is 4.79 Å². The minimum Gasteiger partial charge on any atom is -0.466 e. The van der Waals surface area contributed by atoms with Crippen molar-refractivity contribution in [2.24, 2.45) is 5.92 Å². The minimum atomic E-state index is -0.158. The van der Waals surface area contributed by atoms with Crippen LogP contribution in [0, 0.1) is 5.92 Å². The predicted octanol–water partition coefficient (Wildman–Crippen LogP) is -0.216. The van der Waals surface area contributed by atoms with E-state index in [-0.39, 0.29) is 18.0 Å². The first-order valence-electron chi connectivity index (χ1n) is 4.19. The van der Waals surface area contributed by atoms with E-state index < -0.39 is 0 Å². The van der Waals surface area contributed by atoms with Gasteiger partial charge in [-0.15, -0.1) is 0 Å². The molecule has 1 N–H and O–H groups in total. The van der Waals surface area contributed by atoms with E-state index in [0.29, 0.717) is 13.2 Å². The lowest BCUT2D eigenvalue weighted by atomic mass is 10.1. The number of carbonyl (C=O) groups excluding carboxylic acids is 1. The molecule has 0 saturated carbocycles. The number of hydrogen-bond acceptors (Lipinski definition) is 4. The Bertz CT molecular complexity index is 160. The molecule has 0 bridgehead atoms.